The molecule has 0 radical (unpaired) electrons. The highest BCUT2D eigenvalue weighted by Crippen LogP contribution is 2.45. The number of aryl methyl sites for hydroxylation is 1. The second-order valence-corrected chi connectivity index (χ2v) is 14.2. The number of carboxylic acids is 2. The lowest BCUT2D eigenvalue weighted by Gasteiger charge is -2.37. The number of allylic oxidation sites excluding steroid dienone is 1. The molecule has 0 aromatic heterocycles. The Hall–Kier alpha value is -5.87. The van der Waals surface area contributed by atoms with Crippen LogP contribution in [-0.2, 0) is 31.1 Å². The first-order valence-corrected chi connectivity index (χ1v) is 19.2. The van der Waals surface area contributed by atoms with Crippen molar-refractivity contribution in [3.8, 4) is 5.75 Å². The van der Waals surface area contributed by atoms with Gasteiger partial charge in [-0.25, -0.2) is 9.59 Å². The van der Waals surface area contributed by atoms with Crippen molar-refractivity contribution < 1.29 is 34.1 Å². The Kier molecular flexibility index (Phi) is 13.5. The summed E-state index contributed by atoms with van der Waals surface area (Å²) < 4.78 is 11.2. The third kappa shape index (κ3) is 9.07. The second-order valence-electron chi connectivity index (χ2n) is 13.4. The number of carbonyl (C=O) groups excluding carboxylic acids is 1. The van der Waals surface area contributed by atoms with Gasteiger partial charge in [0.05, 0.1) is 42.7 Å². The van der Waals surface area contributed by atoms with Crippen LogP contribution in [-0.4, -0.2) is 48.4 Å². The minimum Gasteiger partial charge on any atom is -0.493 e. The number of methoxy groups -OCH3 is 1. The number of dihydropyridines is 1. The maximum atomic E-state index is 13.0. The highest BCUT2D eigenvalue weighted by atomic mass is 35.5. The summed E-state index contributed by atoms with van der Waals surface area (Å²) >= 11 is 13.1. The summed E-state index contributed by atoms with van der Waals surface area (Å²) in [7, 11) is 1.19. The van der Waals surface area contributed by atoms with E-state index in [2.05, 4.69) is 47.0 Å². The van der Waals surface area contributed by atoms with Crippen LogP contribution in [0, 0.1) is 0 Å². The smallest absolute Gasteiger partial charge is 0.334 e. The standard InChI is InChI=1S/C46H42Cl2N2O7/c1-56-39(51)29-37-42(45(54)55)43(40-34(47)22-13-23-35(40)48)41(44(52)53)36(50-37)26-25-30-15-11-12-24-38(30)57-28-14-27-49-46(31-16-5-2-6-17-31,32-18-7-3-8-19-32)33-20-9-4-10-21-33/h2-13,15-24,43,49-50H,14,25-29H2,1H3,(H,52,53)(H,54,55). The molecule has 4 N–H and O–H groups in total. The van der Waals surface area contributed by atoms with Crippen molar-refractivity contribution in [2.45, 2.75) is 37.1 Å². The molecule has 6 rings (SSSR count). The Bertz CT molecular complexity index is 2160. The molecule has 0 aliphatic carbocycles. The van der Waals surface area contributed by atoms with Crippen molar-refractivity contribution in [2.24, 2.45) is 0 Å². The van der Waals surface area contributed by atoms with Gasteiger partial charge in [-0.3, -0.25) is 10.1 Å². The molecule has 5 aromatic carbocycles. The molecular formula is C46H42Cl2N2O7. The van der Waals surface area contributed by atoms with Crippen LogP contribution in [0.4, 0.5) is 0 Å². The van der Waals surface area contributed by atoms with Crippen molar-refractivity contribution >= 4 is 41.1 Å². The van der Waals surface area contributed by atoms with Crippen molar-refractivity contribution in [1.29, 1.82) is 0 Å². The molecule has 1 atom stereocenters. The molecule has 1 aliphatic heterocycles. The van der Waals surface area contributed by atoms with Crippen LogP contribution in [0.2, 0.25) is 10.0 Å². The third-order valence-corrected chi connectivity index (χ3v) is 10.7. The number of ether oxygens (including phenoxy) is 2. The Balaban J connectivity index is 1.23. The molecule has 0 bridgehead atoms. The normalized spacial score (nSPS) is 14.2. The number of nitrogens with one attached hydrogen (secondary N) is 2. The van der Waals surface area contributed by atoms with E-state index in [0.29, 0.717) is 31.7 Å². The number of para-hydroxylation sites is 1. The SMILES string of the molecule is COC(=O)CC1=C(C(=O)O)C(c2c(Cl)cccc2Cl)C(C(=O)O)=C(CCc2ccccc2OCCCNC(c2ccccc2)(c2ccccc2)c2ccccc2)N1. The molecule has 0 fully saturated rings. The summed E-state index contributed by atoms with van der Waals surface area (Å²) in [6, 6.07) is 43.2. The first-order chi connectivity index (χ1) is 27.6. The third-order valence-electron chi connectivity index (χ3n) is 10.0. The van der Waals surface area contributed by atoms with Crippen molar-refractivity contribution in [3.63, 3.8) is 0 Å². The lowest BCUT2D eigenvalue weighted by molar-refractivity contribution is -0.139. The number of hydrogen-bond donors (Lipinski definition) is 4. The van der Waals surface area contributed by atoms with E-state index in [1.54, 1.807) is 6.07 Å². The molecule has 292 valence electrons. The molecule has 0 saturated heterocycles. The van der Waals surface area contributed by atoms with Crippen molar-refractivity contribution in [2.75, 3.05) is 20.3 Å². The van der Waals surface area contributed by atoms with Gasteiger partial charge in [-0.2, -0.15) is 0 Å². The molecule has 57 heavy (non-hydrogen) atoms. The topological polar surface area (TPSA) is 134 Å². The van der Waals surface area contributed by atoms with Crippen LogP contribution < -0.4 is 15.4 Å². The van der Waals surface area contributed by atoms with E-state index < -0.39 is 35.8 Å². The van der Waals surface area contributed by atoms with Crippen molar-refractivity contribution in [3.05, 3.63) is 194 Å². The Morgan fingerprint density at radius 2 is 1.19 bits per heavy atom. The predicted octanol–water partition coefficient (Wildman–Crippen LogP) is 8.90. The molecule has 5 aromatic rings. The molecule has 1 unspecified atom stereocenters. The van der Waals surface area contributed by atoms with Gasteiger partial charge in [0.1, 0.15) is 5.75 Å². The Morgan fingerprint density at radius 1 is 0.684 bits per heavy atom. The molecule has 1 aliphatic rings. The Morgan fingerprint density at radius 3 is 1.72 bits per heavy atom. The molecule has 0 saturated carbocycles. The van der Waals surface area contributed by atoms with E-state index in [9.17, 15) is 24.6 Å². The summed E-state index contributed by atoms with van der Waals surface area (Å²) in [5.41, 5.74) is 3.26. The van der Waals surface area contributed by atoms with Crippen LogP contribution in [0.1, 0.15) is 53.0 Å². The van der Waals surface area contributed by atoms with Crippen LogP contribution in [0.25, 0.3) is 0 Å². The van der Waals surface area contributed by atoms with Gasteiger partial charge < -0.3 is 25.0 Å². The number of rotatable bonds is 17. The molecular weight excluding hydrogens is 763 g/mol. The predicted molar refractivity (Wildman–Crippen MR) is 220 cm³/mol. The first-order valence-electron chi connectivity index (χ1n) is 18.5. The van der Waals surface area contributed by atoms with Crippen LogP contribution in [0.3, 0.4) is 0 Å². The van der Waals surface area contributed by atoms with E-state index in [1.807, 2.05) is 78.9 Å². The highest BCUT2D eigenvalue weighted by molar-refractivity contribution is 6.36. The summed E-state index contributed by atoms with van der Waals surface area (Å²) in [4.78, 5) is 38.3. The summed E-state index contributed by atoms with van der Waals surface area (Å²) in [6.45, 7) is 1.01. The van der Waals surface area contributed by atoms with Gasteiger partial charge in [0.2, 0.25) is 0 Å². The van der Waals surface area contributed by atoms with Gasteiger partial charge in [-0.05, 0) is 66.3 Å². The maximum absolute atomic E-state index is 13.0. The molecule has 0 amide bonds. The van der Waals surface area contributed by atoms with Crippen LogP contribution in [0.5, 0.6) is 5.75 Å². The van der Waals surface area contributed by atoms with Gasteiger partial charge in [0, 0.05) is 27.0 Å². The lowest BCUT2D eigenvalue weighted by Crippen LogP contribution is -2.45. The summed E-state index contributed by atoms with van der Waals surface area (Å²) in [6.07, 6.45) is 0.677. The van der Waals surface area contributed by atoms with Gasteiger partial charge >= 0.3 is 17.9 Å². The van der Waals surface area contributed by atoms with Gasteiger partial charge in [0.15, 0.2) is 0 Å². The number of carboxylic acid groups (broad SMARTS) is 2. The highest BCUT2D eigenvalue weighted by Gasteiger charge is 2.41. The molecule has 0 spiro atoms. The van der Waals surface area contributed by atoms with Gasteiger partial charge in [0.25, 0.3) is 0 Å². The van der Waals surface area contributed by atoms with E-state index >= 15 is 0 Å². The zero-order chi connectivity index (χ0) is 40.4. The minimum atomic E-state index is -1.43. The average molecular weight is 806 g/mol. The average Bonchev–Trinajstić information content (AvgIpc) is 3.22. The monoisotopic (exact) mass is 804 g/mol. The number of aliphatic carboxylic acids is 2. The number of esters is 1. The van der Waals surface area contributed by atoms with Crippen LogP contribution >= 0.6 is 23.2 Å². The number of halogens is 2. The summed E-state index contributed by atoms with van der Waals surface area (Å²) in [5, 5.41) is 28.1. The second kappa shape index (κ2) is 18.8. The molecule has 11 heteroatoms. The van der Waals surface area contributed by atoms with E-state index in [4.69, 9.17) is 32.7 Å². The zero-order valence-corrected chi connectivity index (χ0v) is 32.7. The fourth-order valence-electron chi connectivity index (χ4n) is 7.45. The number of carbonyl (C=O) groups is 3. The van der Waals surface area contributed by atoms with E-state index in [1.165, 1.54) is 19.2 Å². The fourth-order valence-corrected chi connectivity index (χ4v) is 8.07. The van der Waals surface area contributed by atoms with E-state index in [-0.39, 0.29) is 44.6 Å². The van der Waals surface area contributed by atoms with E-state index in [0.717, 1.165) is 22.3 Å². The van der Waals surface area contributed by atoms with Crippen molar-refractivity contribution in [1.82, 2.24) is 10.6 Å². The minimum absolute atomic E-state index is 0.00930. The maximum Gasteiger partial charge on any atom is 0.334 e. The van der Waals surface area contributed by atoms with Gasteiger partial charge in [-0.15, -0.1) is 0 Å². The first kappa shape index (κ1) is 40.8. The fraction of sp³-hybridized carbons (Fsp3) is 0.196. The molecule has 9 nitrogen and oxygen atoms in total. The zero-order valence-electron chi connectivity index (χ0n) is 31.2. The quantitative estimate of drug-likeness (QED) is 0.0413. The largest absolute Gasteiger partial charge is 0.493 e. The Labute approximate surface area is 341 Å². The number of benzene rings is 5. The van der Waals surface area contributed by atoms with Gasteiger partial charge in [-0.1, -0.05) is 138 Å². The molecule has 1 heterocycles. The number of hydrogen-bond acceptors (Lipinski definition) is 7. The summed E-state index contributed by atoms with van der Waals surface area (Å²) in [5.74, 6) is -4.24. The van der Waals surface area contributed by atoms with Crippen LogP contribution in [0.15, 0.2) is 156 Å². The lowest BCUT2D eigenvalue weighted by atomic mass is 9.77.